The first-order valence-electron chi connectivity index (χ1n) is 8.86. The average Bonchev–Trinajstić information content (AvgIpc) is 2.66. The molecule has 7 heteroatoms. The lowest BCUT2D eigenvalue weighted by Crippen LogP contribution is -2.45. The number of rotatable bonds is 7. The van der Waals surface area contributed by atoms with Crippen molar-refractivity contribution in [2.24, 2.45) is 5.92 Å². The van der Waals surface area contributed by atoms with Crippen LogP contribution in [-0.2, 0) is 14.3 Å². The monoisotopic (exact) mass is 494 g/mol. The third-order valence-corrected chi connectivity index (χ3v) is 4.72. The molecule has 0 heterocycles. The van der Waals surface area contributed by atoms with Crippen molar-refractivity contribution in [2.75, 3.05) is 11.9 Å². The quantitative estimate of drug-likeness (QED) is 0.456. The number of nitrogens with one attached hydrogen (secondary N) is 2. The van der Waals surface area contributed by atoms with Crippen LogP contribution in [0, 0.1) is 16.4 Å². The van der Waals surface area contributed by atoms with Gasteiger partial charge < -0.3 is 15.4 Å². The second-order valence-corrected chi connectivity index (χ2v) is 7.92. The zero-order valence-electron chi connectivity index (χ0n) is 16.0. The number of hydrogen-bond acceptors (Lipinski definition) is 4. The summed E-state index contributed by atoms with van der Waals surface area (Å²) in [5.41, 5.74) is 2.04. The number of carbonyl (C=O) groups is 3. The zero-order valence-corrected chi connectivity index (χ0v) is 18.1. The lowest BCUT2D eigenvalue weighted by atomic mass is 10.0. The summed E-state index contributed by atoms with van der Waals surface area (Å²) in [6, 6.07) is 13.4. The van der Waals surface area contributed by atoms with E-state index in [1.54, 1.807) is 50.2 Å². The third kappa shape index (κ3) is 6.33. The zero-order chi connectivity index (χ0) is 20.7. The normalized spacial score (nSPS) is 11.6. The van der Waals surface area contributed by atoms with Crippen molar-refractivity contribution < 1.29 is 19.1 Å². The lowest BCUT2D eigenvalue weighted by Gasteiger charge is -2.21. The van der Waals surface area contributed by atoms with Crippen LogP contribution >= 0.6 is 22.6 Å². The van der Waals surface area contributed by atoms with Gasteiger partial charge in [-0.15, -0.1) is 0 Å². The van der Waals surface area contributed by atoms with Crippen molar-refractivity contribution in [2.45, 2.75) is 26.8 Å². The Morgan fingerprint density at radius 3 is 2.36 bits per heavy atom. The number of halogens is 1. The fourth-order valence-electron chi connectivity index (χ4n) is 2.49. The summed E-state index contributed by atoms with van der Waals surface area (Å²) in [5, 5.41) is 5.40. The molecular formula is C21H23IN2O4. The summed E-state index contributed by atoms with van der Waals surface area (Å²) >= 11 is 2.19. The smallest absolute Gasteiger partial charge is 0.329 e. The van der Waals surface area contributed by atoms with Gasteiger partial charge in [-0.2, -0.15) is 0 Å². The third-order valence-electron chi connectivity index (χ3n) is 4.05. The SMILES string of the molecule is Cc1cc(I)ccc1NC(=O)COC(=O)[C@@H](NC(=O)c1ccccc1)C(C)C. The Labute approximate surface area is 178 Å². The maximum atomic E-state index is 12.4. The van der Waals surface area contributed by atoms with Gasteiger partial charge in [-0.3, -0.25) is 9.59 Å². The molecule has 148 valence electrons. The predicted molar refractivity (Wildman–Crippen MR) is 116 cm³/mol. The summed E-state index contributed by atoms with van der Waals surface area (Å²) in [6.07, 6.45) is 0. The van der Waals surface area contributed by atoms with Crippen LogP contribution < -0.4 is 10.6 Å². The number of aryl methyl sites for hydroxylation is 1. The van der Waals surface area contributed by atoms with Crippen LogP contribution in [0.25, 0.3) is 0 Å². The summed E-state index contributed by atoms with van der Waals surface area (Å²) in [4.78, 5) is 36.8. The van der Waals surface area contributed by atoms with E-state index in [0.717, 1.165) is 9.13 Å². The molecule has 0 saturated carbocycles. The molecule has 0 saturated heterocycles. The summed E-state index contributed by atoms with van der Waals surface area (Å²) in [7, 11) is 0. The van der Waals surface area contributed by atoms with Crippen LogP contribution in [0.5, 0.6) is 0 Å². The Bertz CT molecular complexity index is 853. The molecule has 2 rings (SSSR count). The first-order valence-corrected chi connectivity index (χ1v) is 9.94. The minimum Gasteiger partial charge on any atom is -0.454 e. The Kier molecular flexibility index (Phi) is 7.98. The molecule has 0 fully saturated rings. The van der Waals surface area contributed by atoms with E-state index < -0.39 is 24.5 Å². The van der Waals surface area contributed by atoms with Crippen LogP contribution in [0.15, 0.2) is 48.5 Å². The topological polar surface area (TPSA) is 84.5 Å². The van der Waals surface area contributed by atoms with Crippen LogP contribution in [0.3, 0.4) is 0 Å². The van der Waals surface area contributed by atoms with Crippen molar-refractivity contribution in [1.29, 1.82) is 0 Å². The molecular weight excluding hydrogens is 471 g/mol. The van der Waals surface area contributed by atoms with Gasteiger partial charge >= 0.3 is 5.97 Å². The molecule has 0 aromatic heterocycles. The van der Waals surface area contributed by atoms with Crippen LogP contribution in [-0.4, -0.2) is 30.4 Å². The fourth-order valence-corrected chi connectivity index (χ4v) is 3.14. The summed E-state index contributed by atoms with van der Waals surface area (Å²) < 4.78 is 6.20. The number of hydrogen-bond donors (Lipinski definition) is 2. The highest BCUT2D eigenvalue weighted by atomic mass is 127. The Hall–Kier alpha value is -2.42. The molecule has 0 aliphatic rings. The second kappa shape index (κ2) is 10.2. The van der Waals surface area contributed by atoms with Crippen molar-refractivity contribution in [1.82, 2.24) is 5.32 Å². The molecule has 2 amide bonds. The van der Waals surface area contributed by atoms with E-state index in [2.05, 4.69) is 33.2 Å². The van der Waals surface area contributed by atoms with E-state index >= 15 is 0 Å². The Morgan fingerprint density at radius 2 is 1.75 bits per heavy atom. The maximum absolute atomic E-state index is 12.4. The van der Waals surface area contributed by atoms with E-state index in [1.807, 2.05) is 19.1 Å². The maximum Gasteiger partial charge on any atom is 0.329 e. The van der Waals surface area contributed by atoms with Crippen molar-refractivity contribution in [3.8, 4) is 0 Å². The van der Waals surface area contributed by atoms with E-state index in [0.29, 0.717) is 11.3 Å². The summed E-state index contributed by atoms with van der Waals surface area (Å²) in [6.45, 7) is 5.06. The minimum atomic E-state index is -0.847. The number of anilines is 1. The van der Waals surface area contributed by atoms with Gasteiger partial charge in [-0.1, -0.05) is 32.0 Å². The van der Waals surface area contributed by atoms with E-state index in [1.165, 1.54) is 0 Å². The van der Waals surface area contributed by atoms with Gasteiger partial charge in [0.15, 0.2) is 6.61 Å². The number of amides is 2. The highest BCUT2D eigenvalue weighted by Crippen LogP contribution is 2.17. The van der Waals surface area contributed by atoms with E-state index in [9.17, 15) is 14.4 Å². The minimum absolute atomic E-state index is 0.193. The molecule has 0 radical (unpaired) electrons. The standard InChI is InChI=1S/C21H23IN2O4/c1-13(2)19(24-20(26)15-7-5-4-6-8-15)21(27)28-12-18(25)23-17-10-9-16(22)11-14(17)3/h4-11,13,19H,12H2,1-3H3,(H,23,25)(H,24,26)/t19-/m0/s1. The molecule has 28 heavy (non-hydrogen) atoms. The van der Waals surface area contributed by atoms with E-state index in [-0.39, 0.29) is 11.8 Å². The average molecular weight is 494 g/mol. The lowest BCUT2D eigenvalue weighted by molar-refractivity contribution is -0.150. The van der Waals surface area contributed by atoms with Crippen molar-refractivity contribution in [3.63, 3.8) is 0 Å². The molecule has 0 bridgehead atoms. The van der Waals surface area contributed by atoms with Gasteiger partial charge in [0.1, 0.15) is 6.04 Å². The second-order valence-electron chi connectivity index (χ2n) is 6.68. The molecule has 2 aromatic rings. The van der Waals surface area contributed by atoms with Crippen molar-refractivity contribution in [3.05, 3.63) is 63.2 Å². The number of carbonyl (C=O) groups excluding carboxylic acids is 3. The fraction of sp³-hybridized carbons (Fsp3) is 0.286. The van der Waals surface area contributed by atoms with Gasteiger partial charge in [0.2, 0.25) is 0 Å². The Balaban J connectivity index is 1.92. The Morgan fingerprint density at radius 1 is 1.07 bits per heavy atom. The molecule has 0 aliphatic heterocycles. The van der Waals surface area contributed by atoms with Gasteiger partial charge in [0.25, 0.3) is 11.8 Å². The number of esters is 1. The molecule has 2 N–H and O–H groups in total. The number of ether oxygens (including phenoxy) is 1. The van der Waals surface area contributed by atoms with Crippen molar-refractivity contribution >= 4 is 46.1 Å². The van der Waals surface area contributed by atoms with Crippen LogP contribution in [0.2, 0.25) is 0 Å². The van der Waals surface area contributed by atoms with Crippen LogP contribution in [0.4, 0.5) is 5.69 Å². The highest BCUT2D eigenvalue weighted by molar-refractivity contribution is 14.1. The molecule has 2 aromatic carbocycles. The molecule has 6 nitrogen and oxygen atoms in total. The van der Waals surface area contributed by atoms with Gasteiger partial charge in [-0.25, -0.2) is 4.79 Å². The highest BCUT2D eigenvalue weighted by Gasteiger charge is 2.26. The summed E-state index contributed by atoms with van der Waals surface area (Å²) in [5.74, 6) is -1.64. The van der Waals surface area contributed by atoms with Gasteiger partial charge in [0, 0.05) is 14.8 Å². The van der Waals surface area contributed by atoms with Crippen LogP contribution in [0.1, 0.15) is 29.8 Å². The molecule has 0 spiro atoms. The van der Waals surface area contributed by atoms with E-state index in [4.69, 9.17) is 4.74 Å². The van der Waals surface area contributed by atoms with Gasteiger partial charge in [0.05, 0.1) is 0 Å². The molecule has 0 aliphatic carbocycles. The van der Waals surface area contributed by atoms with Gasteiger partial charge in [-0.05, 0) is 71.3 Å². The largest absolute Gasteiger partial charge is 0.454 e. The first-order chi connectivity index (χ1) is 13.3. The molecule has 0 unspecified atom stereocenters. The molecule has 1 atom stereocenters. The number of benzene rings is 2. The predicted octanol–water partition coefficient (Wildman–Crippen LogP) is 3.54. The first kappa shape index (κ1) is 21.9.